The quantitative estimate of drug-likeness (QED) is 0.450. The third-order valence-electron chi connectivity index (χ3n) is 1.63. The van der Waals surface area contributed by atoms with Crippen LogP contribution in [0.3, 0.4) is 0 Å². The van der Waals surface area contributed by atoms with Crippen molar-refractivity contribution in [2.45, 2.75) is 6.92 Å². The summed E-state index contributed by atoms with van der Waals surface area (Å²) >= 11 is 1.39. The van der Waals surface area contributed by atoms with Gasteiger partial charge in [-0.25, -0.2) is 9.79 Å². The Morgan fingerprint density at radius 1 is 1.60 bits per heavy atom. The van der Waals surface area contributed by atoms with Gasteiger partial charge in [0.1, 0.15) is 4.88 Å². The maximum atomic E-state index is 11.4. The van der Waals surface area contributed by atoms with E-state index in [0.29, 0.717) is 10.6 Å². The van der Waals surface area contributed by atoms with E-state index in [4.69, 9.17) is 0 Å². The smallest absolute Gasteiger partial charge is 0.350 e. The van der Waals surface area contributed by atoms with Gasteiger partial charge in [-0.3, -0.25) is 0 Å². The number of thiophene rings is 1. The van der Waals surface area contributed by atoms with Crippen LogP contribution in [0.1, 0.15) is 14.5 Å². The SMILES string of the molecule is COC(=O)c1sc(C)cc1N=CN(C)C. The summed E-state index contributed by atoms with van der Waals surface area (Å²) in [6.45, 7) is 1.94. The Kier molecular flexibility index (Phi) is 3.85. The van der Waals surface area contributed by atoms with Crippen molar-refractivity contribution in [1.29, 1.82) is 0 Å². The van der Waals surface area contributed by atoms with Gasteiger partial charge in [-0.15, -0.1) is 11.3 Å². The molecule has 0 unspecified atom stereocenters. The van der Waals surface area contributed by atoms with Crippen LogP contribution < -0.4 is 0 Å². The molecule has 0 radical (unpaired) electrons. The number of esters is 1. The van der Waals surface area contributed by atoms with E-state index in [1.54, 1.807) is 6.34 Å². The van der Waals surface area contributed by atoms with Crippen LogP contribution in [-0.2, 0) is 4.74 Å². The number of aryl methyl sites for hydroxylation is 1. The molecule has 15 heavy (non-hydrogen) atoms. The molecule has 1 aromatic rings. The minimum atomic E-state index is -0.334. The number of carbonyl (C=O) groups is 1. The van der Waals surface area contributed by atoms with Gasteiger partial charge in [0.05, 0.1) is 19.1 Å². The first-order chi connectivity index (χ1) is 7.04. The predicted molar refractivity (Wildman–Crippen MR) is 62.2 cm³/mol. The largest absolute Gasteiger partial charge is 0.465 e. The fourth-order valence-corrected chi connectivity index (χ4v) is 1.89. The van der Waals surface area contributed by atoms with Crippen molar-refractivity contribution in [2.75, 3.05) is 21.2 Å². The van der Waals surface area contributed by atoms with Crippen molar-refractivity contribution >= 4 is 29.3 Å². The zero-order valence-corrected chi connectivity index (χ0v) is 10.1. The molecule has 0 aliphatic rings. The molecule has 0 saturated carbocycles. The van der Waals surface area contributed by atoms with Gasteiger partial charge < -0.3 is 9.64 Å². The Morgan fingerprint density at radius 3 is 2.80 bits per heavy atom. The second-order valence-electron chi connectivity index (χ2n) is 3.27. The Morgan fingerprint density at radius 2 is 2.27 bits per heavy atom. The minimum Gasteiger partial charge on any atom is -0.465 e. The molecule has 1 heterocycles. The van der Waals surface area contributed by atoms with Gasteiger partial charge in [-0.1, -0.05) is 0 Å². The lowest BCUT2D eigenvalue weighted by atomic mass is 10.3. The third kappa shape index (κ3) is 3.06. The van der Waals surface area contributed by atoms with Gasteiger partial charge in [-0.2, -0.15) is 0 Å². The van der Waals surface area contributed by atoms with Crippen LogP contribution >= 0.6 is 11.3 Å². The molecule has 0 aliphatic carbocycles. The number of aliphatic imine (C=N–C) groups is 1. The molecular formula is C10H14N2O2S. The van der Waals surface area contributed by atoms with E-state index in [-0.39, 0.29) is 5.97 Å². The number of ether oxygens (including phenoxy) is 1. The van der Waals surface area contributed by atoms with Crippen molar-refractivity contribution < 1.29 is 9.53 Å². The van der Waals surface area contributed by atoms with Crippen LogP contribution in [0.25, 0.3) is 0 Å². The summed E-state index contributed by atoms with van der Waals surface area (Å²) in [7, 11) is 5.12. The molecule has 4 nitrogen and oxygen atoms in total. The summed E-state index contributed by atoms with van der Waals surface area (Å²) in [5.41, 5.74) is 0.665. The maximum Gasteiger partial charge on any atom is 0.350 e. The average molecular weight is 226 g/mol. The maximum absolute atomic E-state index is 11.4. The monoisotopic (exact) mass is 226 g/mol. The fraction of sp³-hybridized carbons (Fsp3) is 0.400. The molecular weight excluding hydrogens is 212 g/mol. The normalized spacial score (nSPS) is 10.7. The zero-order valence-electron chi connectivity index (χ0n) is 9.27. The van der Waals surface area contributed by atoms with Crippen molar-refractivity contribution in [3.05, 3.63) is 15.8 Å². The second-order valence-corrected chi connectivity index (χ2v) is 4.53. The lowest BCUT2D eigenvalue weighted by molar-refractivity contribution is 0.0607. The Balaban J connectivity index is 3.01. The van der Waals surface area contributed by atoms with Gasteiger partial charge in [0.2, 0.25) is 0 Å². The van der Waals surface area contributed by atoms with E-state index in [2.05, 4.69) is 9.73 Å². The highest BCUT2D eigenvalue weighted by atomic mass is 32.1. The molecule has 1 aromatic heterocycles. The summed E-state index contributed by atoms with van der Waals surface area (Å²) in [6.07, 6.45) is 1.66. The number of nitrogens with zero attached hydrogens (tertiary/aromatic N) is 2. The molecule has 5 heteroatoms. The highest BCUT2D eigenvalue weighted by molar-refractivity contribution is 7.14. The second kappa shape index (κ2) is 4.93. The van der Waals surface area contributed by atoms with Crippen LogP contribution in [0, 0.1) is 6.92 Å². The number of methoxy groups -OCH3 is 1. The van der Waals surface area contributed by atoms with Gasteiger partial charge in [-0.05, 0) is 13.0 Å². The van der Waals surface area contributed by atoms with Crippen molar-refractivity contribution in [3.63, 3.8) is 0 Å². The van der Waals surface area contributed by atoms with E-state index in [1.165, 1.54) is 18.4 Å². The number of rotatable bonds is 3. The first-order valence-electron chi connectivity index (χ1n) is 4.44. The van der Waals surface area contributed by atoms with Crippen molar-refractivity contribution in [3.8, 4) is 0 Å². The molecule has 0 aromatic carbocycles. The first kappa shape index (κ1) is 11.7. The summed E-state index contributed by atoms with van der Waals surface area (Å²) < 4.78 is 4.68. The molecule has 0 bridgehead atoms. The highest BCUT2D eigenvalue weighted by Gasteiger charge is 2.14. The number of hydrogen-bond donors (Lipinski definition) is 0. The standard InChI is InChI=1S/C10H14N2O2S/c1-7-5-8(11-6-12(2)3)9(15-7)10(13)14-4/h5-6H,1-4H3. The van der Waals surface area contributed by atoms with E-state index in [1.807, 2.05) is 32.0 Å². The van der Waals surface area contributed by atoms with Crippen LogP contribution in [-0.4, -0.2) is 38.4 Å². The third-order valence-corrected chi connectivity index (χ3v) is 2.65. The molecule has 0 amide bonds. The zero-order chi connectivity index (χ0) is 11.4. The highest BCUT2D eigenvalue weighted by Crippen LogP contribution is 2.29. The Labute approximate surface area is 93.2 Å². The molecule has 1 rings (SSSR count). The predicted octanol–water partition coefficient (Wildman–Crippen LogP) is 2.06. The van der Waals surface area contributed by atoms with E-state index < -0.39 is 0 Å². The first-order valence-corrected chi connectivity index (χ1v) is 5.25. The fourth-order valence-electron chi connectivity index (χ4n) is 1.01. The van der Waals surface area contributed by atoms with Crippen LogP contribution in [0.2, 0.25) is 0 Å². The summed E-state index contributed by atoms with van der Waals surface area (Å²) in [4.78, 5) is 19.0. The Bertz CT molecular complexity index is 383. The summed E-state index contributed by atoms with van der Waals surface area (Å²) in [5.74, 6) is -0.334. The topological polar surface area (TPSA) is 41.9 Å². The molecule has 0 atom stereocenters. The molecule has 0 fully saturated rings. The molecule has 0 aliphatic heterocycles. The van der Waals surface area contributed by atoms with Crippen LogP contribution in [0.5, 0.6) is 0 Å². The van der Waals surface area contributed by atoms with Gasteiger partial charge in [0.15, 0.2) is 0 Å². The van der Waals surface area contributed by atoms with E-state index in [9.17, 15) is 4.79 Å². The minimum absolute atomic E-state index is 0.334. The average Bonchev–Trinajstić information content (AvgIpc) is 2.55. The van der Waals surface area contributed by atoms with E-state index >= 15 is 0 Å². The van der Waals surface area contributed by atoms with E-state index in [0.717, 1.165) is 4.88 Å². The summed E-state index contributed by atoms with van der Waals surface area (Å²) in [5, 5.41) is 0. The molecule has 0 N–H and O–H groups in total. The van der Waals surface area contributed by atoms with Crippen molar-refractivity contribution in [1.82, 2.24) is 4.90 Å². The molecule has 82 valence electrons. The summed E-state index contributed by atoms with van der Waals surface area (Å²) in [6, 6.07) is 1.87. The van der Waals surface area contributed by atoms with Crippen LogP contribution in [0.4, 0.5) is 5.69 Å². The van der Waals surface area contributed by atoms with Gasteiger partial charge in [0, 0.05) is 19.0 Å². The van der Waals surface area contributed by atoms with Gasteiger partial charge in [0.25, 0.3) is 0 Å². The van der Waals surface area contributed by atoms with Crippen LogP contribution in [0.15, 0.2) is 11.1 Å². The van der Waals surface area contributed by atoms with Gasteiger partial charge >= 0.3 is 5.97 Å². The Hall–Kier alpha value is -1.36. The number of hydrogen-bond acceptors (Lipinski definition) is 4. The lowest BCUT2D eigenvalue weighted by Gasteiger charge is -2.02. The lowest BCUT2D eigenvalue weighted by Crippen LogP contribution is -2.07. The molecule has 0 spiro atoms. The van der Waals surface area contributed by atoms with Crippen molar-refractivity contribution in [2.24, 2.45) is 4.99 Å². The number of carbonyl (C=O) groups excluding carboxylic acids is 1. The molecule has 0 saturated heterocycles.